The third kappa shape index (κ3) is 2.37. The molecule has 0 radical (unpaired) electrons. The Morgan fingerprint density at radius 2 is 2.13 bits per heavy atom. The maximum atomic E-state index is 4.33. The quantitative estimate of drug-likeness (QED) is 0.752. The Hall–Kier alpha value is -0.470. The van der Waals surface area contributed by atoms with E-state index < -0.39 is 0 Å². The Morgan fingerprint density at radius 3 is 2.80 bits per heavy atom. The van der Waals surface area contributed by atoms with Gasteiger partial charge in [0.2, 0.25) is 0 Å². The van der Waals surface area contributed by atoms with Crippen LogP contribution in [0.25, 0.3) is 0 Å². The highest BCUT2D eigenvalue weighted by Crippen LogP contribution is 2.22. The molecule has 1 aromatic carbocycles. The predicted molar refractivity (Wildman–Crippen MR) is 68.4 cm³/mol. The summed E-state index contributed by atoms with van der Waals surface area (Å²) in [6.45, 7) is 6.85. The first-order valence-electron chi connectivity index (χ1n) is 5.66. The molecule has 1 aromatic rings. The van der Waals surface area contributed by atoms with E-state index in [1.165, 1.54) is 29.7 Å². The van der Waals surface area contributed by atoms with Gasteiger partial charge in [-0.05, 0) is 37.0 Å². The lowest BCUT2D eigenvalue weighted by Crippen LogP contribution is -2.35. The second kappa shape index (κ2) is 4.58. The SMILES string of the molecule is CC(C)N1CCc2ccc(CS)cc2C1. The van der Waals surface area contributed by atoms with Crippen molar-refractivity contribution in [1.82, 2.24) is 4.90 Å². The molecule has 0 saturated heterocycles. The fourth-order valence-corrected chi connectivity index (χ4v) is 2.37. The van der Waals surface area contributed by atoms with E-state index in [1.54, 1.807) is 0 Å². The smallest absolute Gasteiger partial charge is 0.0239 e. The molecule has 0 spiro atoms. The maximum absolute atomic E-state index is 4.33. The predicted octanol–water partition coefficient (Wildman–Crippen LogP) is 2.88. The van der Waals surface area contributed by atoms with Crippen LogP contribution in [0.4, 0.5) is 0 Å². The number of benzene rings is 1. The minimum atomic E-state index is 0.651. The molecule has 2 heteroatoms. The molecule has 1 aliphatic heterocycles. The molecule has 15 heavy (non-hydrogen) atoms. The minimum absolute atomic E-state index is 0.651. The molecule has 1 aliphatic rings. The summed E-state index contributed by atoms with van der Waals surface area (Å²) in [6, 6.07) is 7.45. The number of hydrogen-bond donors (Lipinski definition) is 1. The topological polar surface area (TPSA) is 3.24 Å². The Morgan fingerprint density at radius 1 is 1.33 bits per heavy atom. The van der Waals surface area contributed by atoms with Crippen molar-refractivity contribution in [3.8, 4) is 0 Å². The number of rotatable bonds is 2. The first kappa shape index (κ1) is 11.0. The second-order valence-corrected chi connectivity index (χ2v) is 4.89. The van der Waals surface area contributed by atoms with E-state index in [4.69, 9.17) is 0 Å². The lowest BCUT2D eigenvalue weighted by atomic mass is 9.97. The van der Waals surface area contributed by atoms with Crippen molar-refractivity contribution in [2.24, 2.45) is 0 Å². The van der Waals surface area contributed by atoms with Crippen LogP contribution < -0.4 is 0 Å². The average molecular weight is 221 g/mol. The van der Waals surface area contributed by atoms with Gasteiger partial charge in [0, 0.05) is 24.9 Å². The van der Waals surface area contributed by atoms with E-state index in [0.717, 1.165) is 12.3 Å². The van der Waals surface area contributed by atoms with E-state index in [0.29, 0.717) is 6.04 Å². The minimum Gasteiger partial charge on any atom is -0.296 e. The fourth-order valence-electron chi connectivity index (χ4n) is 2.17. The lowest BCUT2D eigenvalue weighted by molar-refractivity contribution is 0.203. The molecular formula is C13H19NS. The number of nitrogens with zero attached hydrogens (tertiary/aromatic N) is 1. The van der Waals surface area contributed by atoms with Crippen LogP contribution in [0, 0.1) is 0 Å². The highest BCUT2D eigenvalue weighted by atomic mass is 32.1. The Kier molecular flexibility index (Phi) is 3.37. The van der Waals surface area contributed by atoms with Gasteiger partial charge in [-0.3, -0.25) is 4.90 Å². The molecule has 1 heterocycles. The van der Waals surface area contributed by atoms with Gasteiger partial charge in [-0.2, -0.15) is 12.6 Å². The molecule has 0 amide bonds. The Labute approximate surface area is 97.9 Å². The third-order valence-electron chi connectivity index (χ3n) is 3.23. The lowest BCUT2D eigenvalue weighted by Gasteiger charge is -2.32. The van der Waals surface area contributed by atoms with E-state index in [9.17, 15) is 0 Å². The third-order valence-corrected chi connectivity index (χ3v) is 3.59. The van der Waals surface area contributed by atoms with Crippen molar-refractivity contribution < 1.29 is 0 Å². The Balaban J connectivity index is 2.23. The normalized spacial score (nSPS) is 16.8. The van der Waals surface area contributed by atoms with Crippen LogP contribution in [0.1, 0.15) is 30.5 Å². The first-order valence-corrected chi connectivity index (χ1v) is 6.29. The molecule has 2 rings (SSSR count). The highest BCUT2D eigenvalue weighted by molar-refractivity contribution is 7.79. The van der Waals surface area contributed by atoms with Crippen LogP contribution in [0.3, 0.4) is 0 Å². The van der Waals surface area contributed by atoms with E-state index in [2.05, 4.69) is 49.6 Å². The molecule has 82 valence electrons. The van der Waals surface area contributed by atoms with Crippen molar-refractivity contribution in [2.75, 3.05) is 6.54 Å². The fraction of sp³-hybridized carbons (Fsp3) is 0.538. The molecule has 0 bridgehead atoms. The Bertz CT molecular complexity index is 346. The van der Waals surface area contributed by atoms with Gasteiger partial charge in [0.25, 0.3) is 0 Å². The van der Waals surface area contributed by atoms with Gasteiger partial charge < -0.3 is 0 Å². The van der Waals surface area contributed by atoms with Crippen molar-refractivity contribution in [2.45, 2.75) is 38.6 Å². The molecule has 0 aromatic heterocycles. The highest BCUT2D eigenvalue weighted by Gasteiger charge is 2.17. The van der Waals surface area contributed by atoms with Gasteiger partial charge in [0.15, 0.2) is 0 Å². The summed E-state index contributed by atoms with van der Waals surface area (Å²) < 4.78 is 0. The zero-order valence-corrected chi connectivity index (χ0v) is 10.4. The van der Waals surface area contributed by atoms with Crippen LogP contribution in [0.15, 0.2) is 18.2 Å². The summed E-state index contributed by atoms with van der Waals surface area (Å²) in [5.74, 6) is 0.842. The van der Waals surface area contributed by atoms with Gasteiger partial charge in [-0.25, -0.2) is 0 Å². The van der Waals surface area contributed by atoms with Crippen LogP contribution in [0.2, 0.25) is 0 Å². The van der Waals surface area contributed by atoms with Crippen LogP contribution in [-0.4, -0.2) is 17.5 Å². The largest absolute Gasteiger partial charge is 0.296 e. The van der Waals surface area contributed by atoms with Crippen LogP contribution in [-0.2, 0) is 18.7 Å². The van der Waals surface area contributed by atoms with Gasteiger partial charge >= 0.3 is 0 Å². The van der Waals surface area contributed by atoms with Gasteiger partial charge in [-0.1, -0.05) is 18.2 Å². The summed E-state index contributed by atoms with van der Waals surface area (Å²) in [6.07, 6.45) is 1.19. The summed E-state index contributed by atoms with van der Waals surface area (Å²) in [5.41, 5.74) is 4.36. The van der Waals surface area contributed by atoms with Crippen molar-refractivity contribution in [1.29, 1.82) is 0 Å². The standard InChI is InChI=1S/C13H19NS/c1-10(2)14-6-5-12-4-3-11(9-15)7-13(12)8-14/h3-4,7,10,15H,5-6,8-9H2,1-2H3. The molecular weight excluding hydrogens is 202 g/mol. The summed E-state index contributed by atoms with van der Waals surface area (Å²) in [4.78, 5) is 2.53. The van der Waals surface area contributed by atoms with Crippen LogP contribution >= 0.6 is 12.6 Å². The molecule has 0 atom stereocenters. The van der Waals surface area contributed by atoms with Gasteiger partial charge in [0.1, 0.15) is 0 Å². The first-order chi connectivity index (χ1) is 7.20. The number of hydrogen-bond acceptors (Lipinski definition) is 2. The maximum Gasteiger partial charge on any atom is 0.0239 e. The van der Waals surface area contributed by atoms with Crippen molar-refractivity contribution >= 4 is 12.6 Å². The second-order valence-electron chi connectivity index (χ2n) is 4.58. The molecule has 0 aliphatic carbocycles. The molecule has 1 nitrogen and oxygen atoms in total. The monoisotopic (exact) mass is 221 g/mol. The molecule has 0 saturated carbocycles. The molecule has 0 N–H and O–H groups in total. The zero-order valence-electron chi connectivity index (χ0n) is 9.53. The van der Waals surface area contributed by atoms with Crippen molar-refractivity contribution in [3.63, 3.8) is 0 Å². The summed E-state index contributed by atoms with van der Waals surface area (Å²) in [7, 11) is 0. The average Bonchev–Trinajstić information content (AvgIpc) is 2.27. The van der Waals surface area contributed by atoms with E-state index >= 15 is 0 Å². The zero-order chi connectivity index (χ0) is 10.8. The van der Waals surface area contributed by atoms with E-state index in [-0.39, 0.29) is 0 Å². The van der Waals surface area contributed by atoms with Gasteiger partial charge in [0.05, 0.1) is 0 Å². The molecule has 0 fully saturated rings. The molecule has 0 unspecified atom stereocenters. The van der Waals surface area contributed by atoms with Crippen molar-refractivity contribution in [3.05, 3.63) is 34.9 Å². The van der Waals surface area contributed by atoms with E-state index in [1.807, 2.05) is 0 Å². The summed E-state index contributed by atoms with van der Waals surface area (Å²) in [5, 5.41) is 0. The number of fused-ring (bicyclic) bond motifs is 1. The van der Waals surface area contributed by atoms with Crippen LogP contribution in [0.5, 0.6) is 0 Å². The van der Waals surface area contributed by atoms with Gasteiger partial charge in [-0.15, -0.1) is 0 Å². The number of thiol groups is 1. The summed E-state index contributed by atoms with van der Waals surface area (Å²) >= 11 is 4.33.